The van der Waals surface area contributed by atoms with Gasteiger partial charge in [-0.2, -0.15) is 0 Å². The van der Waals surface area contributed by atoms with Gasteiger partial charge in [0.25, 0.3) is 0 Å². The zero-order chi connectivity index (χ0) is 13.2. The van der Waals surface area contributed by atoms with E-state index in [1.54, 1.807) is 11.3 Å². The minimum Gasteiger partial charge on any atom is -0.373 e. The first-order valence-electron chi connectivity index (χ1n) is 6.74. The molecule has 0 spiro atoms. The van der Waals surface area contributed by atoms with E-state index in [1.807, 2.05) is 0 Å². The van der Waals surface area contributed by atoms with E-state index in [2.05, 4.69) is 42.6 Å². The Balaban J connectivity index is 1.80. The number of hydrogen-bond acceptors (Lipinski definition) is 3. The first-order valence-corrected chi connectivity index (χ1v) is 7.62. The van der Waals surface area contributed by atoms with E-state index < -0.39 is 0 Å². The Hall–Kier alpha value is -1.16. The van der Waals surface area contributed by atoms with Gasteiger partial charge in [0.1, 0.15) is 0 Å². The molecule has 1 aliphatic rings. The predicted molar refractivity (Wildman–Crippen MR) is 79.4 cm³/mol. The molecule has 3 heteroatoms. The third-order valence-electron chi connectivity index (χ3n) is 3.80. The molecular weight excluding hydrogens is 254 g/mol. The van der Waals surface area contributed by atoms with E-state index in [9.17, 15) is 0 Å². The molecular formula is C16H19NOS. The number of thiophene rings is 1. The van der Waals surface area contributed by atoms with Crippen LogP contribution in [0.25, 0.3) is 0 Å². The first kappa shape index (κ1) is 12.9. The van der Waals surface area contributed by atoms with Crippen molar-refractivity contribution in [3.8, 4) is 0 Å². The van der Waals surface area contributed by atoms with Crippen molar-refractivity contribution in [2.75, 3.05) is 6.61 Å². The Morgan fingerprint density at radius 2 is 2.21 bits per heavy atom. The van der Waals surface area contributed by atoms with Gasteiger partial charge in [-0.15, -0.1) is 11.3 Å². The molecule has 1 aromatic carbocycles. The second-order valence-electron chi connectivity index (χ2n) is 5.12. The number of rotatable bonds is 3. The van der Waals surface area contributed by atoms with E-state index >= 15 is 0 Å². The summed E-state index contributed by atoms with van der Waals surface area (Å²) in [6.07, 6.45) is 2.01. The predicted octanol–water partition coefficient (Wildman–Crippen LogP) is 3.76. The summed E-state index contributed by atoms with van der Waals surface area (Å²) in [6.45, 7) is 2.93. The largest absolute Gasteiger partial charge is 0.373 e. The Bertz CT molecular complexity index is 563. The number of aryl methyl sites for hydroxylation is 1. The minimum atomic E-state index is 0.0659. The van der Waals surface area contributed by atoms with Gasteiger partial charge in [0.15, 0.2) is 0 Å². The molecule has 2 nitrogen and oxygen atoms in total. The summed E-state index contributed by atoms with van der Waals surface area (Å²) < 4.78 is 5.94. The van der Waals surface area contributed by atoms with Gasteiger partial charge in [-0.3, -0.25) is 0 Å². The molecule has 19 heavy (non-hydrogen) atoms. The fraction of sp³-hybridized carbons (Fsp3) is 0.375. The van der Waals surface area contributed by atoms with Crippen LogP contribution in [0, 0.1) is 6.92 Å². The number of fused-ring (bicyclic) bond motifs is 1. The zero-order valence-electron chi connectivity index (χ0n) is 11.1. The lowest BCUT2D eigenvalue weighted by Gasteiger charge is -2.28. The van der Waals surface area contributed by atoms with E-state index in [4.69, 9.17) is 10.5 Å². The fourth-order valence-electron chi connectivity index (χ4n) is 2.77. The topological polar surface area (TPSA) is 35.2 Å². The van der Waals surface area contributed by atoms with Crippen molar-refractivity contribution >= 4 is 11.3 Å². The van der Waals surface area contributed by atoms with Gasteiger partial charge in [0.05, 0.1) is 12.7 Å². The highest BCUT2D eigenvalue weighted by Crippen LogP contribution is 2.35. The summed E-state index contributed by atoms with van der Waals surface area (Å²) in [4.78, 5) is 1.28. The summed E-state index contributed by atoms with van der Waals surface area (Å²) in [5.74, 6) is 0. The quantitative estimate of drug-likeness (QED) is 0.924. The van der Waals surface area contributed by atoms with Crippen molar-refractivity contribution in [2.45, 2.75) is 31.9 Å². The third kappa shape index (κ3) is 2.59. The lowest BCUT2D eigenvalue weighted by Crippen LogP contribution is -2.21. The lowest BCUT2D eigenvalue weighted by atomic mass is 9.93. The molecule has 2 N–H and O–H groups in total. The monoisotopic (exact) mass is 273 g/mol. The van der Waals surface area contributed by atoms with Crippen molar-refractivity contribution in [1.29, 1.82) is 0 Å². The smallest absolute Gasteiger partial charge is 0.0846 e. The van der Waals surface area contributed by atoms with Gasteiger partial charge in [0, 0.05) is 10.9 Å². The van der Waals surface area contributed by atoms with Crippen molar-refractivity contribution in [2.24, 2.45) is 5.73 Å². The summed E-state index contributed by atoms with van der Waals surface area (Å²) in [5, 5.41) is 2.11. The van der Waals surface area contributed by atoms with Crippen molar-refractivity contribution in [3.63, 3.8) is 0 Å². The summed E-state index contributed by atoms with van der Waals surface area (Å²) >= 11 is 1.75. The van der Waals surface area contributed by atoms with Crippen LogP contribution in [-0.4, -0.2) is 6.61 Å². The second kappa shape index (κ2) is 5.45. The number of benzene rings is 1. The maximum atomic E-state index is 6.36. The van der Waals surface area contributed by atoms with E-state index in [0.29, 0.717) is 0 Å². The minimum absolute atomic E-state index is 0.0659. The Morgan fingerprint density at radius 3 is 3.00 bits per heavy atom. The molecule has 0 radical (unpaired) electrons. The summed E-state index contributed by atoms with van der Waals surface area (Å²) in [7, 11) is 0. The van der Waals surface area contributed by atoms with Crippen LogP contribution >= 0.6 is 11.3 Å². The van der Waals surface area contributed by atoms with Gasteiger partial charge in [-0.25, -0.2) is 0 Å². The third-order valence-corrected chi connectivity index (χ3v) is 4.95. The van der Waals surface area contributed by atoms with Crippen LogP contribution in [0.4, 0.5) is 0 Å². The molecule has 3 rings (SSSR count). The molecule has 2 heterocycles. The van der Waals surface area contributed by atoms with E-state index in [1.165, 1.54) is 21.6 Å². The SMILES string of the molecule is Cc1ccsc1C(N)CC1OCCc2ccccc21. The van der Waals surface area contributed by atoms with Crippen LogP contribution in [0.15, 0.2) is 35.7 Å². The van der Waals surface area contributed by atoms with E-state index in [-0.39, 0.29) is 12.1 Å². The maximum Gasteiger partial charge on any atom is 0.0846 e. The first-order chi connectivity index (χ1) is 9.25. The van der Waals surface area contributed by atoms with Gasteiger partial charge in [0.2, 0.25) is 0 Å². The second-order valence-corrected chi connectivity index (χ2v) is 6.07. The summed E-state index contributed by atoms with van der Waals surface area (Å²) in [5.41, 5.74) is 10.4. The standard InChI is InChI=1S/C16H19NOS/c1-11-7-9-19-16(11)14(17)10-15-13-5-3-2-4-12(13)6-8-18-15/h2-5,7,9,14-15H,6,8,10,17H2,1H3. The highest BCUT2D eigenvalue weighted by Gasteiger charge is 2.24. The Kier molecular flexibility index (Phi) is 3.69. The van der Waals surface area contributed by atoms with Crippen LogP contribution in [-0.2, 0) is 11.2 Å². The molecule has 0 amide bonds. The van der Waals surface area contributed by atoms with Crippen LogP contribution in [0.2, 0.25) is 0 Å². The molecule has 0 aliphatic carbocycles. The average Bonchev–Trinajstić information content (AvgIpc) is 2.85. The number of ether oxygens (including phenoxy) is 1. The summed E-state index contributed by atoms with van der Waals surface area (Å²) in [6, 6.07) is 10.8. The molecule has 1 aliphatic heterocycles. The van der Waals surface area contributed by atoms with Crippen LogP contribution in [0.3, 0.4) is 0 Å². The number of nitrogens with two attached hydrogens (primary N) is 1. The van der Waals surface area contributed by atoms with Gasteiger partial charge in [-0.1, -0.05) is 24.3 Å². The zero-order valence-corrected chi connectivity index (χ0v) is 12.0. The van der Waals surface area contributed by atoms with Gasteiger partial charge < -0.3 is 10.5 Å². The van der Waals surface area contributed by atoms with Crippen LogP contribution in [0.5, 0.6) is 0 Å². The van der Waals surface area contributed by atoms with Gasteiger partial charge in [-0.05, 0) is 47.9 Å². The van der Waals surface area contributed by atoms with E-state index in [0.717, 1.165) is 19.4 Å². The molecule has 1 aromatic heterocycles. The molecule has 0 saturated carbocycles. The normalized spacial score (nSPS) is 20.0. The van der Waals surface area contributed by atoms with Crippen molar-refractivity contribution < 1.29 is 4.74 Å². The van der Waals surface area contributed by atoms with Crippen LogP contribution < -0.4 is 5.73 Å². The fourth-order valence-corrected chi connectivity index (χ4v) is 3.72. The molecule has 0 fully saturated rings. The highest BCUT2D eigenvalue weighted by molar-refractivity contribution is 7.10. The molecule has 100 valence electrons. The Labute approximate surface area is 118 Å². The lowest BCUT2D eigenvalue weighted by molar-refractivity contribution is 0.0321. The van der Waals surface area contributed by atoms with Crippen LogP contribution in [0.1, 0.15) is 40.1 Å². The Morgan fingerprint density at radius 1 is 1.37 bits per heavy atom. The van der Waals surface area contributed by atoms with Gasteiger partial charge >= 0.3 is 0 Å². The van der Waals surface area contributed by atoms with Crippen molar-refractivity contribution in [3.05, 3.63) is 57.3 Å². The highest BCUT2D eigenvalue weighted by atomic mass is 32.1. The molecule has 0 bridgehead atoms. The maximum absolute atomic E-state index is 6.36. The average molecular weight is 273 g/mol. The molecule has 2 aromatic rings. The molecule has 2 unspecified atom stereocenters. The van der Waals surface area contributed by atoms with Crippen molar-refractivity contribution in [1.82, 2.24) is 0 Å². The number of hydrogen-bond donors (Lipinski definition) is 1. The molecule has 2 atom stereocenters. The molecule has 0 saturated heterocycles.